The lowest BCUT2D eigenvalue weighted by Gasteiger charge is -2.13. The summed E-state index contributed by atoms with van der Waals surface area (Å²) < 4.78 is 28.9. The van der Waals surface area contributed by atoms with Crippen LogP contribution in [-0.4, -0.2) is 20.7 Å². The van der Waals surface area contributed by atoms with E-state index in [-0.39, 0.29) is 16.9 Å². The van der Waals surface area contributed by atoms with Crippen molar-refractivity contribution in [3.63, 3.8) is 0 Å². The number of hydrogen-bond acceptors (Lipinski definition) is 4. The topological polar surface area (TPSA) is 76.9 Å². The van der Waals surface area contributed by atoms with Crippen molar-refractivity contribution in [3.8, 4) is 11.3 Å². The van der Waals surface area contributed by atoms with Crippen molar-refractivity contribution in [1.82, 2.24) is 14.8 Å². The third kappa shape index (κ3) is 3.43. The van der Waals surface area contributed by atoms with Gasteiger partial charge in [0.2, 0.25) is 0 Å². The Hall–Kier alpha value is -3.94. The van der Waals surface area contributed by atoms with Gasteiger partial charge in [0.25, 0.3) is 11.5 Å². The van der Waals surface area contributed by atoms with Crippen LogP contribution in [0.3, 0.4) is 0 Å². The molecule has 1 N–H and O–H groups in total. The van der Waals surface area contributed by atoms with E-state index in [1.54, 1.807) is 24.3 Å². The summed E-state index contributed by atoms with van der Waals surface area (Å²) in [5, 5.41) is 10.9. The van der Waals surface area contributed by atoms with Crippen molar-refractivity contribution in [1.29, 1.82) is 0 Å². The lowest BCUT2D eigenvalue weighted by molar-refractivity contribution is 0.102. The Balaban J connectivity index is 1.82. The van der Waals surface area contributed by atoms with E-state index >= 15 is 0 Å². The zero-order valence-electron chi connectivity index (χ0n) is 16.1. The molecule has 8 heteroatoms. The summed E-state index contributed by atoms with van der Waals surface area (Å²) in [6.07, 6.45) is 1.40. The summed E-state index contributed by atoms with van der Waals surface area (Å²) in [6, 6.07) is 11.5. The molecule has 4 rings (SSSR count). The largest absolute Gasteiger partial charge is 0.317 e. The highest BCUT2D eigenvalue weighted by Crippen LogP contribution is 2.28. The van der Waals surface area contributed by atoms with Gasteiger partial charge in [-0.05, 0) is 37.3 Å². The number of halogens is 2. The van der Waals surface area contributed by atoms with Gasteiger partial charge >= 0.3 is 0 Å². The molecule has 0 saturated heterocycles. The number of hydrogen-bond donors (Lipinski definition) is 1. The number of benzene rings is 2. The Morgan fingerprint density at radius 3 is 2.50 bits per heavy atom. The van der Waals surface area contributed by atoms with E-state index in [4.69, 9.17) is 0 Å². The molecule has 2 aromatic heterocycles. The first kappa shape index (κ1) is 19.4. The standard InChI is InChI=1S/C22H16F2N4O2/c1-12-3-5-13(6-4-12)21(29)26-18-9-14-11-25-27-19(20(14)28(2)22(18)30)16-8-7-15(23)10-17(16)24/h3-11H,1-2H3,(H,26,29). The SMILES string of the molecule is Cc1ccc(C(=O)Nc2cc3cnnc(-c4ccc(F)cc4F)c3n(C)c2=O)cc1. The molecule has 0 aliphatic carbocycles. The Kier molecular flexibility index (Phi) is 4.83. The van der Waals surface area contributed by atoms with Crippen LogP contribution in [0.1, 0.15) is 15.9 Å². The van der Waals surface area contributed by atoms with Gasteiger partial charge in [-0.1, -0.05) is 17.7 Å². The van der Waals surface area contributed by atoms with Crippen molar-refractivity contribution in [2.24, 2.45) is 7.05 Å². The van der Waals surface area contributed by atoms with Crippen LogP contribution in [0.25, 0.3) is 22.2 Å². The van der Waals surface area contributed by atoms with Crippen LogP contribution >= 0.6 is 0 Å². The second kappa shape index (κ2) is 7.47. The number of aromatic nitrogens is 3. The molecule has 2 aromatic carbocycles. The van der Waals surface area contributed by atoms with E-state index in [2.05, 4.69) is 15.5 Å². The molecule has 0 radical (unpaired) electrons. The zero-order valence-corrected chi connectivity index (χ0v) is 16.1. The highest BCUT2D eigenvalue weighted by Gasteiger charge is 2.18. The predicted octanol–water partition coefficient (Wildman–Crippen LogP) is 3.83. The quantitative estimate of drug-likeness (QED) is 0.561. The molecular formula is C22H16F2N4O2. The average Bonchev–Trinajstić information content (AvgIpc) is 2.72. The number of pyridine rings is 1. The maximum absolute atomic E-state index is 14.3. The molecule has 0 unspecified atom stereocenters. The number of aryl methyl sites for hydroxylation is 2. The molecule has 1 amide bonds. The molecule has 0 bridgehead atoms. The lowest BCUT2D eigenvalue weighted by Crippen LogP contribution is -2.25. The predicted molar refractivity (Wildman–Crippen MR) is 109 cm³/mol. The third-order valence-corrected chi connectivity index (χ3v) is 4.77. The van der Waals surface area contributed by atoms with Crippen molar-refractivity contribution in [2.75, 3.05) is 5.32 Å². The van der Waals surface area contributed by atoms with Crippen LogP contribution in [0.4, 0.5) is 14.5 Å². The van der Waals surface area contributed by atoms with Crippen molar-refractivity contribution < 1.29 is 13.6 Å². The van der Waals surface area contributed by atoms with Gasteiger partial charge in [-0.15, -0.1) is 5.10 Å². The fourth-order valence-electron chi connectivity index (χ4n) is 3.20. The first-order chi connectivity index (χ1) is 14.3. The highest BCUT2D eigenvalue weighted by atomic mass is 19.1. The molecule has 0 fully saturated rings. The zero-order chi connectivity index (χ0) is 21.4. The average molecular weight is 406 g/mol. The summed E-state index contributed by atoms with van der Waals surface area (Å²) in [5.74, 6) is -1.97. The van der Waals surface area contributed by atoms with Gasteiger partial charge in [0.1, 0.15) is 23.0 Å². The first-order valence-corrected chi connectivity index (χ1v) is 9.04. The van der Waals surface area contributed by atoms with Gasteiger partial charge in [-0.25, -0.2) is 8.78 Å². The summed E-state index contributed by atoms with van der Waals surface area (Å²) in [6.45, 7) is 1.91. The van der Waals surface area contributed by atoms with Crippen LogP contribution in [0.15, 0.2) is 59.5 Å². The van der Waals surface area contributed by atoms with Crippen LogP contribution < -0.4 is 10.9 Å². The number of carbonyl (C=O) groups excluding carboxylic acids is 1. The number of anilines is 1. The van der Waals surface area contributed by atoms with Gasteiger partial charge in [0.05, 0.1) is 11.7 Å². The second-order valence-electron chi connectivity index (χ2n) is 6.86. The molecule has 30 heavy (non-hydrogen) atoms. The van der Waals surface area contributed by atoms with Crippen LogP contribution in [0.5, 0.6) is 0 Å². The van der Waals surface area contributed by atoms with E-state index in [1.807, 2.05) is 6.92 Å². The van der Waals surface area contributed by atoms with E-state index in [0.717, 1.165) is 17.7 Å². The minimum absolute atomic E-state index is 0.0148. The molecule has 150 valence electrons. The molecule has 6 nitrogen and oxygen atoms in total. The molecule has 0 saturated carbocycles. The normalized spacial score (nSPS) is 10.9. The van der Waals surface area contributed by atoms with E-state index in [1.165, 1.54) is 29.9 Å². The summed E-state index contributed by atoms with van der Waals surface area (Å²) in [7, 11) is 1.48. The van der Waals surface area contributed by atoms with Gasteiger partial charge in [-0.2, -0.15) is 5.10 Å². The smallest absolute Gasteiger partial charge is 0.274 e. The third-order valence-electron chi connectivity index (χ3n) is 4.77. The van der Waals surface area contributed by atoms with Gasteiger partial charge in [0, 0.05) is 29.6 Å². The number of amides is 1. The molecular weight excluding hydrogens is 390 g/mol. The minimum atomic E-state index is -0.819. The Morgan fingerprint density at radius 2 is 1.80 bits per heavy atom. The molecule has 4 aromatic rings. The maximum Gasteiger partial charge on any atom is 0.274 e. The number of nitrogens with one attached hydrogen (secondary N) is 1. The van der Waals surface area contributed by atoms with E-state index in [9.17, 15) is 18.4 Å². The fraction of sp³-hybridized carbons (Fsp3) is 0.0909. The molecule has 0 atom stereocenters. The van der Waals surface area contributed by atoms with Crippen LogP contribution in [-0.2, 0) is 7.05 Å². The fourth-order valence-corrected chi connectivity index (χ4v) is 3.20. The van der Waals surface area contributed by atoms with Crippen LogP contribution in [0.2, 0.25) is 0 Å². The van der Waals surface area contributed by atoms with Gasteiger partial charge in [0.15, 0.2) is 0 Å². The van der Waals surface area contributed by atoms with Crippen molar-refractivity contribution in [2.45, 2.75) is 6.92 Å². The monoisotopic (exact) mass is 406 g/mol. The number of rotatable bonds is 3. The molecule has 2 heterocycles. The van der Waals surface area contributed by atoms with Crippen LogP contribution in [0, 0.1) is 18.6 Å². The molecule has 0 spiro atoms. The molecule has 0 aliphatic rings. The Bertz CT molecular complexity index is 1350. The highest BCUT2D eigenvalue weighted by molar-refractivity contribution is 6.05. The summed E-state index contributed by atoms with van der Waals surface area (Å²) >= 11 is 0. The number of carbonyl (C=O) groups is 1. The van der Waals surface area contributed by atoms with Gasteiger partial charge < -0.3 is 9.88 Å². The van der Waals surface area contributed by atoms with E-state index in [0.29, 0.717) is 16.5 Å². The lowest BCUT2D eigenvalue weighted by atomic mass is 10.1. The second-order valence-corrected chi connectivity index (χ2v) is 6.86. The van der Waals surface area contributed by atoms with Gasteiger partial charge in [-0.3, -0.25) is 9.59 Å². The minimum Gasteiger partial charge on any atom is -0.317 e. The summed E-state index contributed by atoms with van der Waals surface area (Å²) in [4.78, 5) is 25.4. The van der Waals surface area contributed by atoms with Crippen molar-refractivity contribution >= 4 is 22.5 Å². The Morgan fingerprint density at radius 1 is 1.07 bits per heavy atom. The number of nitrogens with zero attached hydrogens (tertiary/aromatic N) is 3. The maximum atomic E-state index is 14.3. The molecule has 0 aliphatic heterocycles. The van der Waals surface area contributed by atoms with Crippen molar-refractivity contribution in [3.05, 3.63) is 87.8 Å². The summed E-state index contributed by atoms with van der Waals surface area (Å²) in [5.41, 5.74) is 1.39. The number of fused-ring (bicyclic) bond motifs is 1. The Labute approximate surface area is 169 Å². The first-order valence-electron chi connectivity index (χ1n) is 9.04. The van der Waals surface area contributed by atoms with E-state index < -0.39 is 23.1 Å².